The Morgan fingerprint density at radius 2 is 0.300 bits per heavy atom. The van der Waals surface area contributed by atoms with Crippen LogP contribution in [0.3, 0.4) is 0 Å². The Labute approximate surface area is 894 Å². The molecule has 19 aromatic rings. The second-order valence-corrected chi connectivity index (χ2v) is 78.9. The first-order chi connectivity index (χ1) is 72.3. The van der Waals surface area contributed by atoms with E-state index < -0.39 is 48.4 Å². The minimum Gasteiger partial charge on any atom is -0.311 e. The van der Waals surface area contributed by atoms with Crippen LogP contribution in [0.4, 0.5) is 136 Å². The molecule has 18 heteroatoms. The average molecular weight is 2030 g/mol. The van der Waals surface area contributed by atoms with Gasteiger partial charge >= 0.3 is 0 Å². The van der Waals surface area contributed by atoms with Crippen molar-refractivity contribution in [2.45, 2.75) is 118 Å². The third kappa shape index (κ3) is 15.5. The molecule has 27 rings (SSSR count). The number of hydrogen-bond acceptors (Lipinski definition) is 8. The molecule has 0 saturated heterocycles. The van der Waals surface area contributed by atoms with Crippen LogP contribution in [0.15, 0.2) is 425 Å². The minimum atomic E-state index is -1.75. The van der Waals surface area contributed by atoms with Crippen molar-refractivity contribution in [2.75, 3.05) is 39.2 Å². The molecule has 8 aliphatic heterocycles. The highest BCUT2D eigenvalue weighted by molar-refractivity contribution is 7.04. The van der Waals surface area contributed by atoms with Gasteiger partial charge in [-0.15, -0.1) is 0 Å². The van der Waals surface area contributed by atoms with Crippen LogP contribution in [-0.2, 0) is 0 Å². The molecule has 0 aromatic heterocycles. The number of hydrogen-bond donors (Lipinski definition) is 0. The fourth-order valence-corrected chi connectivity index (χ4v) is 32.4. The standard InChI is InChI=1S/C72H72B2N4Si4.C60H52B2N4Si2/c1-79(2,3)55-35-31-53(32-36-55)77-65-43-39-57(81(7,8)9)47-61(65)73-59-45-49(29-41-63(59)75(51-21-15-13-16-22-51)67-25-19-27-69(77)71(67)73)50-30-42-64-60(46-50)74-62-48-58(82(10,11)12)40-44-66(62)78(54-33-37-56(38-34-54)80(4,5)6)70-28-20-26-68(72(70)74)76(64)52-23-17-14-18-24-52;1-67(2,3)45-35-31-43(32-36-45)65-55-29-17-27-53-59(55)61(47-23-13-15-25-51(47)63(53)41-19-9-7-10-20-41)49-40-58-50(39-57(49)65)62-48-24-14-16-26-52(48)64(42-21-11-8-12-22-42)54-28-18-30-56(60(54)62)66(58)44-33-37-46(38-34-44)68(4,5)6/h13-48H,1-12H3;7-40H,1-6H3. The van der Waals surface area contributed by atoms with Gasteiger partial charge in [-0.25, -0.2) is 0 Å². The summed E-state index contributed by atoms with van der Waals surface area (Å²) in [6.45, 7) is 44.2. The van der Waals surface area contributed by atoms with E-state index in [-0.39, 0.29) is 26.9 Å². The van der Waals surface area contributed by atoms with Crippen molar-refractivity contribution in [3.8, 4) is 11.1 Å². The van der Waals surface area contributed by atoms with Gasteiger partial charge in [0.25, 0.3) is 26.9 Å². The van der Waals surface area contributed by atoms with Gasteiger partial charge in [-0.2, -0.15) is 0 Å². The maximum absolute atomic E-state index is 2.61. The highest BCUT2D eigenvalue weighted by Crippen LogP contribution is 2.53. The number of fused-ring (bicyclic) bond motifs is 16. The monoisotopic (exact) mass is 2030 g/mol. The maximum Gasteiger partial charge on any atom is 0.252 e. The summed E-state index contributed by atoms with van der Waals surface area (Å²) in [7, 11) is -9.71. The number of anilines is 24. The van der Waals surface area contributed by atoms with Crippen LogP contribution in [0.5, 0.6) is 0 Å². The van der Waals surface area contributed by atoms with E-state index in [1.165, 1.54) is 222 Å². The summed E-state index contributed by atoms with van der Waals surface area (Å²) in [5, 5.41) is 8.83. The van der Waals surface area contributed by atoms with Crippen LogP contribution >= 0.6 is 0 Å². The number of benzene rings is 19. The summed E-state index contributed by atoms with van der Waals surface area (Å²) in [6.07, 6.45) is 0. The highest BCUT2D eigenvalue weighted by atomic mass is 28.3. The second kappa shape index (κ2) is 35.4. The van der Waals surface area contributed by atoms with Crippen molar-refractivity contribution in [3.05, 3.63) is 425 Å². The zero-order valence-corrected chi connectivity index (χ0v) is 95.3. The molecule has 0 atom stereocenters. The summed E-state index contributed by atoms with van der Waals surface area (Å²) >= 11 is 0. The molecule has 0 N–H and O–H groups in total. The van der Waals surface area contributed by atoms with E-state index in [4.69, 9.17) is 0 Å². The van der Waals surface area contributed by atoms with E-state index >= 15 is 0 Å². The fourth-order valence-electron chi connectivity index (χ4n) is 25.4. The Morgan fingerprint density at radius 1 is 0.127 bits per heavy atom. The number of rotatable bonds is 15. The molecular formula is C132H124B4N8Si6. The predicted molar refractivity (Wildman–Crippen MR) is 672 cm³/mol. The van der Waals surface area contributed by atoms with Gasteiger partial charge in [0.1, 0.15) is 0 Å². The molecule has 19 aromatic carbocycles. The van der Waals surface area contributed by atoms with Crippen LogP contribution in [0.1, 0.15) is 0 Å². The molecule has 0 aliphatic carbocycles. The van der Waals surface area contributed by atoms with Crippen LogP contribution in [0.2, 0.25) is 118 Å². The molecule has 0 amide bonds. The third-order valence-corrected chi connectivity index (χ3v) is 45.3. The molecule has 0 fully saturated rings. The van der Waals surface area contributed by atoms with Gasteiger partial charge in [0.2, 0.25) is 0 Å². The van der Waals surface area contributed by atoms with Gasteiger partial charge in [0, 0.05) is 136 Å². The molecule has 0 spiro atoms. The number of nitrogens with zero attached hydrogens (tertiary/aromatic N) is 8. The van der Waals surface area contributed by atoms with E-state index in [0.717, 1.165) is 22.7 Å². The first-order valence-electron chi connectivity index (χ1n) is 53.7. The normalized spacial score (nSPS) is 14.2. The lowest BCUT2D eigenvalue weighted by Gasteiger charge is -2.47. The minimum absolute atomic E-state index is 0.00144. The Hall–Kier alpha value is -14.9. The first-order valence-corrected chi connectivity index (χ1v) is 74.7. The molecule has 0 saturated carbocycles. The van der Waals surface area contributed by atoms with E-state index in [0.29, 0.717) is 0 Å². The van der Waals surface area contributed by atoms with Gasteiger partial charge in [-0.1, -0.05) is 379 Å². The number of para-hydroxylation sites is 6. The summed E-state index contributed by atoms with van der Waals surface area (Å²) in [6, 6.07) is 163. The Kier molecular flexibility index (Phi) is 22.4. The SMILES string of the molecule is C[Si](C)(C)c1ccc(N2c3cc4c(cc3B3c5ccccc5N(c5ccccc5)c5cccc2c53)N(c2ccc([Si](C)(C)C)cc2)c2cccc3c2B4c2ccccc2N3c2ccccc2)cc1.C[Si](C)(C)c1ccc(N2c3ccc([Si](C)(C)C)cc3B3c4cc(-c5ccc6c(c5)B5c7cc([Si](C)(C)C)ccc7N(c7ccc([Si](C)(C)C)cc7)c7cccc(c75)N6c5ccccc5)ccc4N(c4ccccc4)c4cccc2c43)cc1. The third-order valence-electron chi connectivity index (χ3n) is 33.0. The smallest absolute Gasteiger partial charge is 0.252 e. The predicted octanol–water partition coefficient (Wildman–Crippen LogP) is 24.6. The average Bonchev–Trinajstić information content (AvgIpc) is 0.676. The molecule has 8 heterocycles. The maximum atomic E-state index is 2.61. The van der Waals surface area contributed by atoms with Crippen LogP contribution in [0, 0.1) is 0 Å². The van der Waals surface area contributed by atoms with Crippen molar-refractivity contribution in [2.24, 2.45) is 0 Å². The van der Waals surface area contributed by atoms with Crippen molar-refractivity contribution < 1.29 is 0 Å². The molecule has 0 radical (unpaired) electrons. The van der Waals surface area contributed by atoms with E-state index in [2.05, 4.69) is 582 Å². The zero-order chi connectivity index (χ0) is 103. The zero-order valence-electron chi connectivity index (χ0n) is 89.3. The quantitative estimate of drug-likeness (QED) is 0.0937. The molecule has 8 aliphatic rings. The summed E-state index contributed by atoms with van der Waals surface area (Å²) < 4.78 is 0. The fraction of sp³-hybridized carbons (Fsp3) is 0.136. The van der Waals surface area contributed by atoms with E-state index in [9.17, 15) is 0 Å². The van der Waals surface area contributed by atoms with Crippen LogP contribution < -0.4 is 136 Å². The molecule has 728 valence electrons. The van der Waals surface area contributed by atoms with Crippen LogP contribution in [-0.4, -0.2) is 75.3 Å². The Morgan fingerprint density at radius 3 is 0.540 bits per heavy atom. The molecule has 0 bridgehead atoms. The van der Waals surface area contributed by atoms with Gasteiger partial charge in [-0.3, -0.25) is 0 Å². The summed E-state index contributed by atoms with van der Waals surface area (Å²) in [5.74, 6) is 0. The highest BCUT2D eigenvalue weighted by Gasteiger charge is 2.52. The summed E-state index contributed by atoms with van der Waals surface area (Å²) in [4.78, 5) is 20.4. The van der Waals surface area contributed by atoms with Gasteiger partial charge in [0.05, 0.1) is 48.4 Å². The van der Waals surface area contributed by atoms with E-state index in [1.54, 1.807) is 0 Å². The largest absolute Gasteiger partial charge is 0.311 e. The molecular weight excluding hydrogens is 1910 g/mol. The van der Waals surface area contributed by atoms with Crippen molar-refractivity contribution in [3.63, 3.8) is 0 Å². The van der Waals surface area contributed by atoms with Crippen molar-refractivity contribution in [1.82, 2.24) is 0 Å². The molecule has 8 nitrogen and oxygen atoms in total. The second-order valence-electron chi connectivity index (χ2n) is 48.5. The topological polar surface area (TPSA) is 25.9 Å². The van der Waals surface area contributed by atoms with Gasteiger partial charge in [-0.05, 0) is 271 Å². The van der Waals surface area contributed by atoms with Crippen molar-refractivity contribution >= 4 is 308 Å². The first kappa shape index (κ1) is 94.8. The molecule has 0 unspecified atom stereocenters. The lowest BCUT2D eigenvalue weighted by molar-refractivity contribution is 1.24. The Balaban J connectivity index is 0.000000154. The molecule has 150 heavy (non-hydrogen) atoms. The lowest BCUT2D eigenvalue weighted by atomic mass is 9.31. The Bertz CT molecular complexity index is 8140. The van der Waals surface area contributed by atoms with Crippen LogP contribution in [0.25, 0.3) is 11.1 Å². The van der Waals surface area contributed by atoms with Gasteiger partial charge < -0.3 is 39.2 Å². The van der Waals surface area contributed by atoms with E-state index in [1.807, 2.05) is 0 Å². The lowest BCUT2D eigenvalue weighted by Crippen LogP contribution is -2.64. The summed E-state index contributed by atoms with van der Waals surface area (Å²) in [5.41, 5.74) is 47.7. The van der Waals surface area contributed by atoms with Gasteiger partial charge in [0.15, 0.2) is 0 Å². The van der Waals surface area contributed by atoms with Crippen molar-refractivity contribution in [1.29, 1.82) is 0 Å².